The number of nitrogens with one attached hydrogen (secondary N) is 2. The maximum absolute atomic E-state index is 12.4. The van der Waals surface area contributed by atoms with Gasteiger partial charge < -0.3 is 15.4 Å². The summed E-state index contributed by atoms with van der Waals surface area (Å²) in [5.74, 6) is -0.683. The van der Waals surface area contributed by atoms with Crippen LogP contribution in [0, 0.1) is 0 Å². The van der Waals surface area contributed by atoms with Gasteiger partial charge in [-0.05, 0) is 36.2 Å². The van der Waals surface area contributed by atoms with Crippen LogP contribution in [0.5, 0.6) is 0 Å². The lowest BCUT2D eigenvalue weighted by molar-refractivity contribution is 0.0601. The van der Waals surface area contributed by atoms with Gasteiger partial charge in [0, 0.05) is 18.4 Å². The Kier molecular flexibility index (Phi) is 6.36. The van der Waals surface area contributed by atoms with Crippen LogP contribution >= 0.6 is 0 Å². The summed E-state index contributed by atoms with van der Waals surface area (Å²) >= 11 is 0. The lowest BCUT2D eigenvalue weighted by atomic mass is 10.1. The molecule has 2 aromatic carbocycles. The molecule has 0 unspecified atom stereocenters. The monoisotopic (exact) mass is 375 g/mol. The van der Waals surface area contributed by atoms with Gasteiger partial charge in [-0.25, -0.2) is 4.79 Å². The van der Waals surface area contributed by atoms with Crippen molar-refractivity contribution in [3.05, 3.63) is 89.7 Å². The largest absolute Gasteiger partial charge is 0.465 e. The van der Waals surface area contributed by atoms with E-state index in [1.54, 1.807) is 36.5 Å². The zero-order valence-electron chi connectivity index (χ0n) is 15.5. The van der Waals surface area contributed by atoms with E-state index < -0.39 is 5.97 Å². The molecule has 0 saturated heterocycles. The highest BCUT2D eigenvalue weighted by molar-refractivity contribution is 5.97. The Bertz CT molecular complexity index is 958. The average Bonchev–Trinajstić information content (AvgIpc) is 2.74. The number of benzene rings is 2. The molecule has 6 heteroatoms. The molecule has 0 aliphatic heterocycles. The predicted molar refractivity (Wildman–Crippen MR) is 108 cm³/mol. The summed E-state index contributed by atoms with van der Waals surface area (Å²) in [6, 6.07) is 20.3. The van der Waals surface area contributed by atoms with E-state index >= 15 is 0 Å². The molecule has 0 aliphatic rings. The summed E-state index contributed by atoms with van der Waals surface area (Å²) in [6.45, 7) is 0.521. The number of carbonyl (C=O) groups excluding carboxylic acids is 2. The molecule has 6 nitrogen and oxygen atoms in total. The van der Waals surface area contributed by atoms with Gasteiger partial charge >= 0.3 is 5.97 Å². The first kappa shape index (κ1) is 19.1. The fourth-order valence-electron chi connectivity index (χ4n) is 2.72. The molecule has 2 N–H and O–H groups in total. The number of rotatable bonds is 7. The number of hydrogen-bond acceptors (Lipinski definition) is 5. The van der Waals surface area contributed by atoms with Crippen molar-refractivity contribution in [2.75, 3.05) is 19.0 Å². The Balaban J connectivity index is 1.65. The molecule has 142 valence electrons. The smallest absolute Gasteiger partial charge is 0.339 e. The number of esters is 1. The summed E-state index contributed by atoms with van der Waals surface area (Å²) in [5.41, 5.74) is 3.12. The van der Waals surface area contributed by atoms with E-state index in [0.29, 0.717) is 29.2 Å². The molecular weight excluding hydrogens is 354 g/mol. The number of nitrogens with zero attached hydrogens (tertiary/aromatic N) is 1. The van der Waals surface area contributed by atoms with Crippen LogP contribution in [0.1, 0.15) is 26.4 Å². The van der Waals surface area contributed by atoms with E-state index in [1.165, 1.54) is 7.11 Å². The molecular formula is C22H21N3O3. The highest BCUT2D eigenvalue weighted by Crippen LogP contribution is 2.21. The number of ether oxygens (including phenoxy) is 1. The number of pyridine rings is 1. The maximum atomic E-state index is 12.4. The van der Waals surface area contributed by atoms with Crippen molar-refractivity contribution in [1.82, 2.24) is 10.3 Å². The van der Waals surface area contributed by atoms with Crippen LogP contribution in [0.15, 0.2) is 72.9 Å². The summed E-state index contributed by atoms with van der Waals surface area (Å²) in [7, 11) is 1.34. The van der Waals surface area contributed by atoms with E-state index in [0.717, 1.165) is 12.0 Å². The first-order chi connectivity index (χ1) is 13.7. The second-order valence-electron chi connectivity index (χ2n) is 6.08. The highest BCUT2D eigenvalue weighted by Gasteiger charge is 2.12. The summed E-state index contributed by atoms with van der Waals surface area (Å²) in [6.07, 6.45) is 2.30. The first-order valence-corrected chi connectivity index (χ1v) is 8.90. The summed E-state index contributed by atoms with van der Waals surface area (Å²) < 4.78 is 4.80. The van der Waals surface area contributed by atoms with E-state index in [4.69, 9.17) is 4.74 Å². The van der Waals surface area contributed by atoms with Gasteiger partial charge in [0.25, 0.3) is 5.91 Å². The minimum Gasteiger partial charge on any atom is -0.465 e. The summed E-state index contributed by atoms with van der Waals surface area (Å²) in [5, 5.41) is 6.02. The highest BCUT2D eigenvalue weighted by atomic mass is 16.5. The third-order valence-electron chi connectivity index (χ3n) is 4.15. The molecule has 28 heavy (non-hydrogen) atoms. The van der Waals surface area contributed by atoms with Gasteiger partial charge in [-0.1, -0.05) is 42.5 Å². The number of carbonyl (C=O) groups is 2. The van der Waals surface area contributed by atoms with Crippen LogP contribution in [-0.4, -0.2) is 30.5 Å². The standard InChI is InChI=1S/C22H21N3O3/c1-28-22(27)18-9-5-6-10-19(18)25-17-12-14-23-20(15-17)21(26)24-13-11-16-7-3-2-4-8-16/h2-10,12,14-15H,11,13H2,1H3,(H,23,25)(H,24,26). The molecule has 0 bridgehead atoms. The number of para-hydroxylation sites is 1. The van der Waals surface area contributed by atoms with Crippen molar-refractivity contribution in [3.8, 4) is 0 Å². The molecule has 1 aromatic heterocycles. The number of anilines is 2. The van der Waals surface area contributed by atoms with Crippen molar-refractivity contribution in [2.45, 2.75) is 6.42 Å². The van der Waals surface area contributed by atoms with Crippen LogP contribution in [0.2, 0.25) is 0 Å². The first-order valence-electron chi connectivity index (χ1n) is 8.90. The molecule has 3 aromatic rings. The Labute approximate surface area is 163 Å². The van der Waals surface area contributed by atoms with Gasteiger partial charge in [0.05, 0.1) is 18.4 Å². The SMILES string of the molecule is COC(=O)c1ccccc1Nc1ccnc(C(=O)NCCc2ccccc2)c1. The van der Waals surface area contributed by atoms with Gasteiger partial charge in [0.2, 0.25) is 0 Å². The summed E-state index contributed by atoms with van der Waals surface area (Å²) in [4.78, 5) is 28.4. The predicted octanol–water partition coefficient (Wildman–Crippen LogP) is 3.58. The van der Waals surface area contributed by atoms with E-state index in [2.05, 4.69) is 15.6 Å². The van der Waals surface area contributed by atoms with Crippen molar-refractivity contribution in [2.24, 2.45) is 0 Å². The molecule has 0 radical (unpaired) electrons. The number of methoxy groups -OCH3 is 1. The zero-order chi connectivity index (χ0) is 19.8. The Morgan fingerprint density at radius 2 is 1.75 bits per heavy atom. The van der Waals surface area contributed by atoms with E-state index in [9.17, 15) is 9.59 Å². The maximum Gasteiger partial charge on any atom is 0.339 e. The molecule has 0 fully saturated rings. The van der Waals surface area contributed by atoms with Gasteiger partial charge in [-0.2, -0.15) is 0 Å². The van der Waals surface area contributed by atoms with Crippen LogP contribution < -0.4 is 10.6 Å². The minimum atomic E-state index is -0.434. The third kappa shape index (κ3) is 4.94. The van der Waals surface area contributed by atoms with Crippen LogP contribution in [0.25, 0.3) is 0 Å². The molecule has 0 aliphatic carbocycles. The molecule has 1 heterocycles. The number of hydrogen-bond donors (Lipinski definition) is 2. The topological polar surface area (TPSA) is 80.3 Å². The average molecular weight is 375 g/mol. The zero-order valence-corrected chi connectivity index (χ0v) is 15.5. The van der Waals surface area contributed by atoms with Crippen LogP contribution in [0.3, 0.4) is 0 Å². The van der Waals surface area contributed by atoms with Crippen molar-refractivity contribution in [3.63, 3.8) is 0 Å². The van der Waals surface area contributed by atoms with Gasteiger partial charge in [0.1, 0.15) is 5.69 Å². The lowest BCUT2D eigenvalue weighted by Crippen LogP contribution is -2.26. The Hall–Kier alpha value is -3.67. The van der Waals surface area contributed by atoms with Gasteiger partial charge in [0.15, 0.2) is 0 Å². The van der Waals surface area contributed by atoms with Gasteiger partial charge in [-0.15, -0.1) is 0 Å². The molecule has 1 amide bonds. The number of aromatic nitrogens is 1. The van der Waals surface area contributed by atoms with E-state index in [-0.39, 0.29) is 5.91 Å². The fraction of sp³-hybridized carbons (Fsp3) is 0.136. The second-order valence-corrected chi connectivity index (χ2v) is 6.08. The van der Waals surface area contributed by atoms with Crippen LogP contribution in [-0.2, 0) is 11.2 Å². The Morgan fingerprint density at radius 3 is 2.54 bits per heavy atom. The van der Waals surface area contributed by atoms with E-state index in [1.807, 2.05) is 36.4 Å². The van der Waals surface area contributed by atoms with Crippen molar-refractivity contribution >= 4 is 23.3 Å². The molecule has 3 rings (SSSR count). The third-order valence-corrected chi connectivity index (χ3v) is 4.15. The van der Waals surface area contributed by atoms with Crippen molar-refractivity contribution in [1.29, 1.82) is 0 Å². The molecule has 0 spiro atoms. The van der Waals surface area contributed by atoms with Crippen molar-refractivity contribution < 1.29 is 14.3 Å². The lowest BCUT2D eigenvalue weighted by Gasteiger charge is -2.11. The number of amides is 1. The molecule has 0 saturated carbocycles. The normalized spacial score (nSPS) is 10.2. The quantitative estimate of drug-likeness (QED) is 0.617. The fourth-order valence-corrected chi connectivity index (χ4v) is 2.72. The van der Waals surface area contributed by atoms with Crippen LogP contribution in [0.4, 0.5) is 11.4 Å². The minimum absolute atomic E-state index is 0.249. The molecule has 0 atom stereocenters. The van der Waals surface area contributed by atoms with Gasteiger partial charge in [-0.3, -0.25) is 9.78 Å². The second kappa shape index (κ2) is 9.32. The Morgan fingerprint density at radius 1 is 1.00 bits per heavy atom.